The Morgan fingerprint density at radius 3 is 2.69 bits per heavy atom. The molecule has 6 heteroatoms. The molecule has 0 aliphatic rings. The molecule has 70 valence electrons. The third kappa shape index (κ3) is 1.82. The Balaban J connectivity index is 3.38. The number of rotatable bonds is 2. The van der Waals surface area contributed by atoms with Crippen LogP contribution in [-0.2, 0) is 0 Å². The summed E-state index contributed by atoms with van der Waals surface area (Å²) in [4.78, 5) is 14.0. The van der Waals surface area contributed by atoms with E-state index >= 15 is 0 Å². The predicted molar refractivity (Wildman–Crippen MR) is 46.7 cm³/mol. The van der Waals surface area contributed by atoms with Crippen LogP contribution in [0.25, 0.3) is 0 Å². The highest BCUT2D eigenvalue weighted by Gasteiger charge is 2.17. The van der Waals surface area contributed by atoms with Crippen LogP contribution < -0.4 is 5.73 Å². The average Bonchev–Trinajstić information content (AvgIpc) is 2.09. The number of aromatic nitrogens is 1. The average molecular weight is 251 g/mol. The summed E-state index contributed by atoms with van der Waals surface area (Å²) in [6.07, 6.45) is -1.51. The molecule has 0 aliphatic carbocycles. The van der Waals surface area contributed by atoms with E-state index in [1.54, 1.807) is 0 Å². The lowest BCUT2D eigenvalue weighted by Gasteiger charge is -2.06. The second kappa shape index (κ2) is 3.78. The zero-order valence-corrected chi connectivity index (χ0v) is 7.88. The van der Waals surface area contributed by atoms with Crippen LogP contribution in [0.15, 0.2) is 10.7 Å². The fraction of sp³-hybridized carbons (Fsp3) is 0.143. The van der Waals surface area contributed by atoms with E-state index in [1.807, 2.05) is 0 Å². The minimum atomic E-state index is -2.73. The molecular weight excluding hydrogens is 246 g/mol. The Kier molecular flexibility index (Phi) is 2.92. The molecule has 1 aromatic heterocycles. The molecule has 0 aromatic carbocycles. The molecule has 2 N–H and O–H groups in total. The summed E-state index contributed by atoms with van der Waals surface area (Å²) in [5, 5.41) is 0. The van der Waals surface area contributed by atoms with Gasteiger partial charge in [-0.2, -0.15) is 0 Å². The fourth-order valence-corrected chi connectivity index (χ4v) is 1.25. The lowest BCUT2D eigenvalue weighted by atomic mass is 10.1. The van der Waals surface area contributed by atoms with Crippen LogP contribution in [0.3, 0.4) is 0 Å². The van der Waals surface area contributed by atoms with Crippen LogP contribution in [0.2, 0.25) is 0 Å². The molecule has 13 heavy (non-hydrogen) atoms. The van der Waals surface area contributed by atoms with E-state index in [4.69, 9.17) is 5.73 Å². The van der Waals surface area contributed by atoms with E-state index in [-0.39, 0.29) is 15.9 Å². The van der Waals surface area contributed by atoms with Gasteiger partial charge in [-0.1, -0.05) is 0 Å². The van der Waals surface area contributed by atoms with Gasteiger partial charge in [0.05, 0.1) is 4.47 Å². The molecule has 0 radical (unpaired) electrons. The zero-order valence-electron chi connectivity index (χ0n) is 6.30. The maximum atomic E-state index is 12.3. The number of hydrogen-bond acceptors (Lipinski definition) is 3. The van der Waals surface area contributed by atoms with E-state index in [9.17, 15) is 13.6 Å². The van der Waals surface area contributed by atoms with Gasteiger partial charge in [-0.25, -0.2) is 13.8 Å². The molecule has 0 aliphatic heterocycles. The van der Waals surface area contributed by atoms with Crippen LogP contribution in [-0.4, -0.2) is 11.3 Å². The van der Waals surface area contributed by atoms with Crippen molar-refractivity contribution in [1.29, 1.82) is 0 Å². The summed E-state index contributed by atoms with van der Waals surface area (Å²) in [5.74, 6) is 0.0199. The number of carbonyl (C=O) groups is 1. The van der Waals surface area contributed by atoms with Gasteiger partial charge in [-0.05, 0) is 15.9 Å². The topological polar surface area (TPSA) is 56.0 Å². The first-order chi connectivity index (χ1) is 6.07. The number of nitrogens with zero attached hydrogens (tertiary/aromatic N) is 1. The highest BCUT2D eigenvalue weighted by Crippen LogP contribution is 2.29. The van der Waals surface area contributed by atoms with Gasteiger partial charge in [0.1, 0.15) is 5.82 Å². The SMILES string of the molecule is Nc1ncc(C(F)F)c(C=O)c1Br. The number of nitrogens with two attached hydrogens (primary N) is 1. The molecule has 0 spiro atoms. The summed E-state index contributed by atoms with van der Waals surface area (Å²) in [5.41, 5.74) is 4.73. The molecule has 0 saturated heterocycles. The summed E-state index contributed by atoms with van der Waals surface area (Å²) in [7, 11) is 0. The maximum absolute atomic E-state index is 12.3. The Morgan fingerprint density at radius 2 is 2.23 bits per heavy atom. The molecule has 1 heterocycles. The lowest BCUT2D eigenvalue weighted by molar-refractivity contribution is 0.110. The second-order valence-electron chi connectivity index (χ2n) is 2.24. The van der Waals surface area contributed by atoms with Gasteiger partial charge in [-0.3, -0.25) is 4.79 Å². The van der Waals surface area contributed by atoms with Crippen LogP contribution in [0.1, 0.15) is 22.3 Å². The first kappa shape index (κ1) is 10.0. The minimum Gasteiger partial charge on any atom is -0.383 e. The van der Waals surface area contributed by atoms with Crippen LogP contribution in [0, 0.1) is 0 Å². The van der Waals surface area contributed by atoms with Crippen molar-refractivity contribution < 1.29 is 13.6 Å². The van der Waals surface area contributed by atoms with Crippen molar-refractivity contribution in [2.24, 2.45) is 0 Å². The lowest BCUT2D eigenvalue weighted by Crippen LogP contribution is -2.01. The number of aldehydes is 1. The van der Waals surface area contributed by atoms with Crippen molar-refractivity contribution in [2.75, 3.05) is 5.73 Å². The van der Waals surface area contributed by atoms with E-state index in [1.165, 1.54) is 0 Å². The van der Waals surface area contributed by atoms with E-state index in [2.05, 4.69) is 20.9 Å². The van der Waals surface area contributed by atoms with Crippen LogP contribution in [0.5, 0.6) is 0 Å². The van der Waals surface area contributed by atoms with Gasteiger partial charge in [0, 0.05) is 17.3 Å². The van der Waals surface area contributed by atoms with Crippen molar-refractivity contribution >= 4 is 28.0 Å². The molecule has 0 saturated carbocycles. The number of pyridine rings is 1. The van der Waals surface area contributed by atoms with Gasteiger partial charge < -0.3 is 5.73 Å². The van der Waals surface area contributed by atoms with Crippen molar-refractivity contribution in [3.63, 3.8) is 0 Å². The van der Waals surface area contributed by atoms with E-state index < -0.39 is 12.0 Å². The maximum Gasteiger partial charge on any atom is 0.266 e. The fourth-order valence-electron chi connectivity index (χ4n) is 0.824. The second-order valence-corrected chi connectivity index (χ2v) is 3.04. The Bertz CT molecular complexity index is 344. The summed E-state index contributed by atoms with van der Waals surface area (Å²) < 4.78 is 24.6. The van der Waals surface area contributed by atoms with Crippen molar-refractivity contribution in [2.45, 2.75) is 6.43 Å². The monoisotopic (exact) mass is 250 g/mol. The van der Waals surface area contributed by atoms with Crippen LogP contribution >= 0.6 is 15.9 Å². The van der Waals surface area contributed by atoms with E-state index in [0.717, 1.165) is 6.20 Å². The zero-order chi connectivity index (χ0) is 10.0. The van der Waals surface area contributed by atoms with E-state index in [0.29, 0.717) is 6.29 Å². The third-order valence-electron chi connectivity index (χ3n) is 1.47. The standard InChI is InChI=1S/C7H5BrF2N2O/c8-5-4(2-13)3(6(9)10)1-12-7(5)11/h1-2,6H,(H2,11,12). The largest absolute Gasteiger partial charge is 0.383 e. The first-order valence-electron chi connectivity index (χ1n) is 3.25. The molecule has 1 aromatic rings. The van der Waals surface area contributed by atoms with Gasteiger partial charge in [0.15, 0.2) is 6.29 Å². The number of hydrogen-bond donors (Lipinski definition) is 1. The van der Waals surface area contributed by atoms with Crippen molar-refractivity contribution in [3.05, 3.63) is 21.8 Å². The molecule has 0 unspecified atom stereocenters. The van der Waals surface area contributed by atoms with Crippen molar-refractivity contribution in [3.8, 4) is 0 Å². The normalized spacial score (nSPS) is 10.5. The number of alkyl halides is 2. The molecule has 1 rings (SSSR count). The number of halogens is 3. The Morgan fingerprint density at radius 1 is 1.62 bits per heavy atom. The van der Waals surface area contributed by atoms with Gasteiger partial charge >= 0.3 is 0 Å². The smallest absolute Gasteiger partial charge is 0.266 e. The summed E-state index contributed by atoms with van der Waals surface area (Å²) in [6.45, 7) is 0. The van der Waals surface area contributed by atoms with Crippen LogP contribution in [0.4, 0.5) is 14.6 Å². The highest BCUT2D eigenvalue weighted by atomic mass is 79.9. The van der Waals surface area contributed by atoms with Gasteiger partial charge in [0.25, 0.3) is 6.43 Å². The Hall–Kier alpha value is -1.04. The Labute approximate surface area is 81.1 Å². The molecular formula is C7H5BrF2N2O. The van der Waals surface area contributed by atoms with Gasteiger partial charge in [-0.15, -0.1) is 0 Å². The number of anilines is 1. The van der Waals surface area contributed by atoms with Crippen molar-refractivity contribution in [1.82, 2.24) is 4.98 Å². The molecule has 0 atom stereocenters. The molecule has 0 bridgehead atoms. The highest BCUT2D eigenvalue weighted by molar-refractivity contribution is 9.10. The first-order valence-corrected chi connectivity index (χ1v) is 4.04. The summed E-state index contributed by atoms with van der Waals surface area (Å²) in [6, 6.07) is 0. The van der Waals surface area contributed by atoms with Gasteiger partial charge in [0.2, 0.25) is 0 Å². The summed E-state index contributed by atoms with van der Waals surface area (Å²) >= 11 is 2.91. The number of carbonyl (C=O) groups excluding carboxylic acids is 1. The third-order valence-corrected chi connectivity index (χ3v) is 2.30. The quantitative estimate of drug-likeness (QED) is 0.819. The minimum absolute atomic E-state index is 0.0199. The molecule has 0 fully saturated rings. The predicted octanol–water partition coefficient (Wildman–Crippen LogP) is 2.18. The molecule has 3 nitrogen and oxygen atoms in total. The molecule has 0 amide bonds. The number of nitrogen functional groups attached to an aromatic ring is 1.